The maximum atomic E-state index is 13.3. The van der Waals surface area contributed by atoms with E-state index in [1.165, 1.54) is 30.3 Å². The van der Waals surface area contributed by atoms with Crippen LogP contribution in [0.3, 0.4) is 0 Å². The summed E-state index contributed by atoms with van der Waals surface area (Å²) in [5.41, 5.74) is 0.975. The van der Waals surface area contributed by atoms with Gasteiger partial charge in [-0.2, -0.15) is 4.31 Å². The molecule has 0 bridgehead atoms. The first-order valence-electron chi connectivity index (χ1n) is 9.61. The third kappa shape index (κ3) is 6.27. The number of amides is 1. The molecule has 0 saturated heterocycles. The highest BCUT2D eigenvalue weighted by Gasteiger charge is 2.28. The average molecular weight is 475 g/mol. The molecule has 1 amide bonds. The molecule has 0 aliphatic carbocycles. The molecule has 0 aliphatic heterocycles. The molecule has 0 spiro atoms. The first-order chi connectivity index (χ1) is 14.9. The van der Waals surface area contributed by atoms with Gasteiger partial charge in [0.05, 0.1) is 18.0 Å². The van der Waals surface area contributed by atoms with Crippen LogP contribution in [-0.2, 0) is 27.9 Å². The third-order valence-electron chi connectivity index (χ3n) is 4.59. The maximum Gasteiger partial charge on any atom is 0.243 e. The van der Waals surface area contributed by atoms with E-state index in [1.54, 1.807) is 16.2 Å². The van der Waals surface area contributed by atoms with Gasteiger partial charge in [0.1, 0.15) is 0 Å². The summed E-state index contributed by atoms with van der Waals surface area (Å²) in [4.78, 5) is 16.0. The molecule has 8 heteroatoms. The molecule has 162 valence electrons. The van der Waals surface area contributed by atoms with E-state index >= 15 is 0 Å². The average Bonchev–Trinajstić information content (AvgIpc) is 3.27. The van der Waals surface area contributed by atoms with E-state index in [1.807, 2.05) is 47.8 Å². The number of carbonyl (C=O) groups excluding carboxylic acids is 1. The Morgan fingerprint density at radius 1 is 1.00 bits per heavy atom. The fourth-order valence-electron chi connectivity index (χ4n) is 3.02. The minimum absolute atomic E-state index is 0.0227. The van der Waals surface area contributed by atoms with E-state index in [4.69, 9.17) is 11.6 Å². The van der Waals surface area contributed by atoms with Crippen LogP contribution in [0.2, 0.25) is 5.02 Å². The van der Waals surface area contributed by atoms with E-state index in [-0.39, 0.29) is 23.9 Å². The Balaban J connectivity index is 1.84. The van der Waals surface area contributed by atoms with Gasteiger partial charge in [0, 0.05) is 23.0 Å². The summed E-state index contributed by atoms with van der Waals surface area (Å²) in [5.74, 6) is -0.281. The quantitative estimate of drug-likeness (QED) is 0.396. The van der Waals surface area contributed by atoms with Crippen LogP contribution in [-0.4, -0.2) is 36.6 Å². The fourth-order valence-corrected chi connectivity index (χ4v) is 5.23. The van der Waals surface area contributed by atoms with Crippen LogP contribution < -0.4 is 0 Å². The lowest BCUT2D eigenvalue weighted by atomic mass is 10.2. The first kappa shape index (κ1) is 23.2. The van der Waals surface area contributed by atoms with E-state index in [0.717, 1.165) is 14.7 Å². The number of sulfonamides is 1. The number of hydrogen-bond acceptors (Lipinski definition) is 4. The minimum atomic E-state index is -3.88. The van der Waals surface area contributed by atoms with Crippen molar-refractivity contribution in [2.45, 2.75) is 18.0 Å². The van der Waals surface area contributed by atoms with Crippen LogP contribution in [0, 0.1) is 0 Å². The van der Waals surface area contributed by atoms with E-state index in [2.05, 4.69) is 6.58 Å². The Morgan fingerprint density at radius 2 is 1.71 bits per heavy atom. The zero-order valence-corrected chi connectivity index (χ0v) is 19.2. The minimum Gasteiger partial charge on any atom is -0.332 e. The number of thiophene rings is 1. The second-order valence-electron chi connectivity index (χ2n) is 6.85. The maximum absolute atomic E-state index is 13.3. The van der Waals surface area contributed by atoms with Gasteiger partial charge in [0.25, 0.3) is 0 Å². The molecule has 0 unspecified atom stereocenters. The van der Waals surface area contributed by atoms with Gasteiger partial charge < -0.3 is 4.90 Å². The smallest absolute Gasteiger partial charge is 0.243 e. The molecule has 2 aromatic carbocycles. The van der Waals surface area contributed by atoms with Crippen molar-refractivity contribution in [3.63, 3.8) is 0 Å². The molecule has 0 fully saturated rings. The molecular weight excluding hydrogens is 452 g/mol. The number of halogens is 1. The lowest BCUT2D eigenvalue weighted by Crippen LogP contribution is -2.42. The summed E-state index contributed by atoms with van der Waals surface area (Å²) >= 11 is 7.45. The topological polar surface area (TPSA) is 57.7 Å². The summed E-state index contributed by atoms with van der Waals surface area (Å²) in [7, 11) is -3.88. The molecular formula is C23H23ClN2O3S2. The summed E-state index contributed by atoms with van der Waals surface area (Å²) in [6.07, 6.45) is 1.47. The summed E-state index contributed by atoms with van der Waals surface area (Å²) in [6.45, 7) is 4.19. The molecule has 0 radical (unpaired) electrons. The zero-order valence-electron chi connectivity index (χ0n) is 16.9. The van der Waals surface area contributed by atoms with Gasteiger partial charge in [-0.1, -0.05) is 54.1 Å². The molecule has 31 heavy (non-hydrogen) atoms. The number of nitrogens with zero attached hydrogens (tertiary/aromatic N) is 2. The van der Waals surface area contributed by atoms with Crippen molar-refractivity contribution in [1.29, 1.82) is 0 Å². The molecule has 3 aromatic rings. The molecule has 0 atom stereocenters. The number of rotatable bonds is 10. The van der Waals surface area contributed by atoms with Crippen molar-refractivity contribution >= 4 is 38.9 Å². The van der Waals surface area contributed by atoms with Crippen LogP contribution in [0.1, 0.15) is 10.4 Å². The normalized spacial score (nSPS) is 11.4. The number of benzene rings is 2. The molecule has 1 heterocycles. The number of carbonyl (C=O) groups is 1. The lowest BCUT2D eigenvalue weighted by molar-refractivity contribution is -0.132. The Hall–Kier alpha value is -2.45. The first-order valence-corrected chi connectivity index (χ1v) is 12.3. The lowest BCUT2D eigenvalue weighted by Gasteiger charge is -2.26. The van der Waals surface area contributed by atoms with Gasteiger partial charge in [0.2, 0.25) is 15.9 Å². The van der Waals surface area contributed by atoms with Crippen LogP contribution in [0.15, 0.2) is 89.7 Å². The van der Waals surface area contributed by atoms with Crippen LogP contribution in [0.5, 0.6) is 0 Å². The van der Waals surface area contributed by atoms with Crippen molar-refractivity contribution in [2.75, 3.05) is 13.1 Å². The highest BCUT2D eigenvalue weighted by atomic mass is 35.5. The van der Waals surface area contributed by atoms with Crippen LogP contribution in [0.25, 0.3) is 0 Å². The predicted molar refractivity (Wildman–Crippen MR) is 125 cm³/mol. The molecule has 0 saturated carbocycles. The van der Waals surface area contributed by atoms with Crippen LogP contribution in [0.4, 0.5) is 0 Å². The van der Waals surface area contributed by atoms with Gasteiger partial charge in [-0.25, -0.2) is 8.42 Å². The monoisotopic (exact) mass is 474 g/mol. The molecule has 0 aliphatic rings. The van der Waals surface area contributed by atoms with Crippen molar-refractivity contribution in [3.8, 4) is 0 Å². The fraction of sp³-hybridized carbons (Fsp3) is 0.174. The SMILES string of the molecule is C=CCN(CC(=O)N(Cc1ccccc1)Cc1cccs1)S(=O)(=O)c1ccc(Cl)cc1. The Kier molecular flexibility index (Phi) is 8.03. The number of hydrogen-bond donors (Lipinski definition) is 0. The van der Waals surface area contributed by atoms with Crippen molar-refractivity contribution < 1.29 is 13.2 Å². The zero-order chi connectivity index (χ0) is 22.3. The second kappa shape index (κ2) is 10.7. The van der Waals surface area contributed by atoms with Crippen LogP contribution >= 0.6 is 22.9 Å². The Labute approximate surface area is 192 Å². The van der Waals surface area contributed by atoms with Gasteiger partial charge in [-0.3, -0.25) is 4.79 Å². The third-order valence-corrected chi connectivity index (χ3v) is 7.53. The molecule has 0 N–H and O–H groups in total. The standard InChI is InChI=1S/C23H23ClN2O3S2/c1-2-14-26(31(28,29)22-12-10-20(24)11-13-22)18-23(27)25(17-21-9-6-15-30-21)16-19-7-4-3-5-8-19/h2-13,15H,1,14,16-18H2. The van der Waals surface area contributed by atoms with Crippen molar-refractivity contribution in [2.24, 2.45) is 0 Å². The largest absolute Gasteiger partial charge is 0.332 e. The Morgan fingerprint density at radius 3 is 2.32 bits per heavy atom. The molecule has 3 rings (SSSR count). The Bertz CT molecular complexity index is 1100. The highest BCUT2D eigenvalue weighted by molar-refractivity contribution is 7.89. The highest BCUT2D eigenvalue weighted by Crippen LogP contribution is 2.20. The van der Waals surface area contributed by atoms with Crippen molar-refractivity contribution in [3.05, 3.63) is 100 Å². The molecule has 5 nitrogen and oxygen atoms in total. The second-order valence-corrected chi connectivity index (χ2v) is 10.3. The van der Waals surface area contributed by atoms with Gasteiger partial charge in [0.15, 0.2) is 0 Å². The van der Waals surface area contributed by atoms with Gasteiger partial charge in [-0.15, -0.1) is 17.9 Å². The summed E-state index contributed by atoms with van der Waals surface area (Å²) < 4.78 is 27.4. The van der Waals surface area contributed by atoms with Crippen molar-refractivity contribution in [1.82, 2.24) is 9.21 Å². The predicted octanol–water partition coefficient (Wildman–Crippen LogP) is 4.81. The van der Waals surface area contributed by atoms with E-state index in [9.17, 15) is 13.2 Å². The summed E-state index contributed by atoms with van der Waals surface area (Å²) in [5, 5.41) is 2.39. The van der Waals surface area contributed by atoms with E-state index < -0.39 is 10.0 Å². The molecule has 1 aromatic heterocycles. The van der Waals surface area contributed by atoms with Gasteiger partial charge in [-0.05, 0) is 41.3 Å². The van der Waals surface area contributed by atoms with Gasteiger partial charge >= 0.3 is 0 Å². The van der Waals surface area contributed by atoms with E-state index in [0.29, 0.717) is 18.1 Å². The summed E-state index contributed by atoms with van der Waals surface area (Å²) in [6, 6.07) is 19.4.